The first-order chi connectivity index (χ1) is 8.49. The number of hydrogen-bond acceptors (Lipinski definition) is 5. The normalized spacial score (nSPS) is 10.6. The van der Waals surface area contributed by atoms with Gasteiger partial charge in [0.25, 0.3) is 0 Å². The van der Waals surface area contributed by atoms with E-state index in [0.29, 0.717) is 12.4 Å². The molecule has 0 aliphatic rings. The molecular weight excluding hydrogens is 252 g/mol. The summed E-state index contributed by atoms with van der Waals surface area (Å²) in [7, 11) is 1.73. The predicted molar refractivity (Wildman–Crippen MR) is 71.0 cm³/mol. The molecule has 2 aromatic heterocycles. The molecule has 2 aromatic rings. The van der Waals surface area contributed by atoms with Crippen LogP contribution in [0.4, 0.5) is 11.6 Å². The van der Waals surface area contributed by atoms with Crippen molar-refractivity contribution in [2.45, 2.75) is 20.4 Å². The minimum Gasteiger partial charge on any atom is -0.359 e. The number of aromatic nitrogens is 2. The van der Waals surface area contributed by atoms with E-state index in [0.717, 1.165) is 4.88 Å². The highest BCUT2D eigenvalue weighted by Crippen LogP contribution is 2.25. The molecule has 7 heteroatoms. The zero-order valence-corrected chi connectivity index (χ0v) is 11.2. The molecule has 18 heavy (non-hydrogen) atoms. The molecule has 0 saturated heterocycles. The molecule has 0 unspecified atom stereocenters. The lowest BCUT2D eigenvalue weighted by atomic mass is 10.3. The summed E-state index contributed by atoms with van der Waals surface area (Å²) in [6.45, 7) is 4.69. The molecule has 0 aliphatic carbocycles. The van der Waals surface area contributed by atoms with Gasteiger partial charge in [-0.15, -0.1) is 11.3 Å². The van der Waals surface area contributed by atoms with Crippen molar-refractivity contribution in [1.82, 2.24) is 9.55 Å². The molecule has 2 heterocycles. The maximum absolute atomic E-state index is 10.8. The van der Waals surface area contributed by atoms with Crippen LogP contribution in [-0.2, 0) is 13.6 Å². The van der Waals surface area contributed by atoms with Crippen LogP contribution in [0.3, 0.4) is 0 Å². The average Bonchev–Trinajstić information content (AvgIpc) is 2.81. The van der Waals surface area contributed by atoms with Gasteiger partial charge in [-0.3, -0.25) is 4.57 Å². The van der Waals surface area contributed by atoms with E-state index in [1.165, 1.54) is 16.8 Å². The first-order valence-electron chi connectivity index (χ1n) is 5.44. The fraction of sp³-hybridized carbons (Fsp3) is 0.364. The van der Waals surface area contributed by atoms with Crippen molar-refractivity contribution in [2.75, 3.05) is 5.32 Å². The van der Waals surface area contributed by atoms with E-state index in [2.05, 4.69) is 30.2 Å². The molecule has 0 bridgehead atoms. The minimum absolute atomic E-state index is 0.137. The monoisotopic (exact) mass is 266 g/mol. The van der Waals surface area contributed by atoms with Gasteiger partial charge in [0, 0.05) is 16.8 Å². The quantitative estimate of drug-likeness (QED) is 0.682. The Labute approximate surface area is 108 Å². The largest absolute Gasteiger partial charge is 0.406 e. The van der Waals surface area contributed by atoms with Gasteiger partial charge in [0.2, 0.25) is 12.1 Å². The van der Waals surface area contributed by atoms with Gasteiger partial charge in [-0.2, -0.15) is 0 Å². The van der Waals surface area contributed by atoms with Crippen LogP contribution < -0.4 is 5.32 Å². The molecule has 0 fully saturated rings. The van der Waals surface area contributed by atoms with E-state index < -0.39 is 4.92 Å². The Morgan fingerprint density at radius 2 is 2.28 bits per heavy atom. The SMILES string of the molecule is Cc1cc(CNc2c([N+](=O)[O-])ncn2C)sc1C. The summed E-state index contributed by atoms with van der Waals surface area (Å²) in [5, 5.41) is 13.9. The first kappa shape index (κ1) is 12.6. The van der Waals surface area contributed by atoms with Crippen LogP contribution in [0.25, 0.3) is 0 Å². The van der Waals surface area contributed by atoms with Crippen LogP contribution in [0.15, 0.2) is 12.4 Å². The van der Waals surface area contributed by atoms with E-state index in [1.807, 2.05) is 0 Å². The highest BCUT2D eigenvalue weighted by Gasteiger charge is 2.19. The molecule has 1 N–H and O–H groups in total. The van der Waals surface area contributed by atoms with Crippen molar-refractivity contribution in [3.8, 4) is 0 Å². The van der Waals surface area contributed by atoms with Crippen LogP contribution in [0.2, 0.25) is 0 Å². The lowest BCUT2D eigenvalue weighted by molar-refractivity contribution is -0.388. The first-order valence-corrected chi connectivity index (χ1v) is 6.26. The van der Waals surface area contributed by atoms with Gasteiger partial charge in [0.15, 0.2) is 0 Å². The second-order valence-corrected chi connectivity index (χ2v) is 5.43. The molecule has 0 radical (unpaired) electrons. The summed E-state index contributed by atoms with van der Waals surface area (Å²) in [4.78, 5) is 16.5. The molecule has 96 valence electrons. The minimum atomic E-state index is -0.479. The molecule has 0 atom stereocenters. The zero-order chi connectivity index (χ0) is 13.3. The Kier molecular flexibility index (Phi) is 3.33. The van der Waals surface area contributed by atoms with Crippen LogP contribution in [0.5, 0.6) is 0 Å². The topological polar surface area (TPSA) is 73.0 Å². The van der Waals surface area contributed by atoms with Gasteiger partial charge >= 0.3 is 5.82 Å². The predicted octanol–water partition coefficient (Wildman–Crippen LogP) is 2.62. The molecule has 0 saturated carbocycles. The Balaban J connectivity index is 2.15. The second kappa shape index (κ2) is 4.77. The lowest BCUT2D eigenvalue weighted by Gasteiger charge is -2.04. The Hall–Kier alpha value is -1.89. The highest BCUT2D eigenvalue weighted by atomic mass is 32.1. The van der Waals surface area contributed by atoms with Gasteiger partial charge in [-0.25, -0.2) is 0 Å². The lowest BCUT2D eigenvalue weighted by Crippen LogP contribution is -2.04. The van der Waals surface area contributed by atoms with Crippen molar-refractivity contribution >= 4 is 23.0 Å². The van der Waals surface area contributed by atoms with E-state index >= 15 is 0 Å². The number of nitrogens with one attached hydrogen (secondary N) is 1. The molecule has 2 rings (SSSR count). The summed E-state index contributed by atoms with van der Waals surface area (Å²) in [5.41, 5.74) is 1.25. The molecule has 0 amide bonds. The van der Waals surface area contributed by atoms with Crippen molar-refractivity contribution in [3.63, 3.8) is 0 Å². The summed E-state index contributed by atoms with van der Waals surface area (Å²) < 4.78 is 1.62. The number of anilines is 1. The van der Waals surface area contributed by atoms with Crippen LogP contribution in [-0.4, -0.2) is 14.5 Å². The van der Waals surface area contributed by atoms with Crippen LogP contribution >= 0.6 is 11.3 Å². The third-order valence-electron chi connectivity index (χ3n) is 2.74. The van der Waals surface area contributed by atoms with Gasteiger partial charge < -0.3 is 15.4 Å². The van der Waals surface area contributed by atoms with E-state index in [1.54, 1.807) is 23.0 Å². The second-order valence-electron chi connectivity index (χ2n) is 4.09. The fourth-order valence-electron chi connectivity index (χ4n) is 1.66. The summed E-state index contributed by atoms with van der Waals surface area (Å²) in [5.74, 6) is 0.297. The van der Waals surface area contributed by atoms with Crippen LogP contribution in [0.1, 0.15) is 15.3 Å². The number of nitro groups is 1. The number of hydrogen-bond donors (Lipinski definition) is 1. The number of aryl methyl sites for hydroxylation is 3. The highest BCUT2D eigenvalue weighted by molar-refractivity contribution is 7.12. The number of thiophene rings is 1. The molecule has 6 nitrogen and oxygen atoms in total. The van der Waals surface area contributed by atoms with Gasteiger partial charge in [0.05, 0.1) is 6.54 Å². The van der Waals surface area contributed by atoms with E-state index in [-0.39, 0.29) is 5.82 Å². The molecule has 0 aliphatic heterocycles. The summed E-state index contributed by atoms with van der Waals surface area (Å²) >= 11 is 1.69. The summed E-state index contributed by atoms with van der Waals surface area (Å²) in [6, 6.07) is 2.09. The van der Waals surface area contributed by atoms with Crippen molar-refractivity contribution < 1.29 is 4.92 Å². The number of rotatable bonds is 4. The van der Waals surface area contributed by atoms with E-state index in [9.17, 15) is 10.1 Å². The summed E-state index contributed by atoms with van der Waals surface area (Å²) in [6.07, 6.45) is 1.44. The van der Waals surface area contributed by atoms with Gasteiger partial charge in [-0.05, 0) is 35.4 Å². The van der Waals surface area contributed by atoms with Gasteiger partial charge in [-0.1, -0.05) is 0 Å². The molecule has 0 spiro atoms. The standard InChI is InChI=1S/C11H14N4O2S/c1-7-4-9(18-8(7)2)5-12-10-11(15(16)17)13-6-14(10)3/h4,6,12H,5H2,1-3H3. The van der Waals surface area contributed by atoms with Crippen molar-refractivity contribution in [3.05, 3.63) is 37.8 Å². The smallest absolute Gasteiger partial charge is 0.359 e. The maximum Gasteiger partial charge on any atom is 0.406 e. The Morgan fingerprint density at radius 3 is 2.83 bits per heavy atom. The van der Waals surface area contributed by atoms with Crippen LogP contribution in [0, 0.1) is 24.0 Å². The third kappa shape index (κ3) is 2.35. The Morgan fingerprint density at radius 1 is 1.56 bits per heavy atom. The van der Waals surface area contributed by atoms with Gasteiger partial charge in [0.1, 0.15) is 0 Å². The zero-order valence-electron chi connectivity index (χ0n) is 10.4. The number of imidazole rings is 1. The fourth-order valence-corrected chi connectivity index (χ4v) is 2.66. The molecular formula is C11H14N4O2S. The number of nitrogens with zero attached hydrogens (tertiary/aromatic N) is 3. The maximum atomic E-state index is 10.8. The molecule has 0 aromatic carbocycles. The average molecular weight is 266 g/mol. The van der Waals surface area contributed by atoms with E-state index in [4.69, 9.17) is 0 Å². The van der Waals surface area contributed by atoms with Crippen molar-refractivity contribution in [2.24, 2.45) is 7.05 Å². The van der Waals surface area contributed by atoms with Crippen molar-refractivity contribution in [1.29, 1.82) is 0 Å². The Bertz CT molecular complexity index is 568. The third-order valence-corrected chi connectivity index (χ3v) is 3.89.